The number of carbonyl (C=O) groups is 1. The predicted octanol–water partition coefficient (Wildman–Crippen LogP) is 4.86. The third-order valence-electron chi connectivity index (χ3n) is 4.93. The average Bonchev–Trinajstić information content (AvgIpc) is 2.97. The van der Waals surface area contributed by atoms with E-state index in [1.807, 2.05) is 30.3 Å². The number of hydrogen-bond acceptors (Lipinski definition) is 4. The molecule has 0 radical (unpaired) electrons. The Morgan fingerprint density at radius 1 is 1.17 bits per heavy atom. The van der Waals surface area contributed by atoms with Crippen LogP contribution in [0.2, 0.25) is 4.34 Å². The summed E-state index contributed by atoms with van der Waals surface area (Å²) in [7, 11) is 0. The maximum Gasteiger partial charge on any atom is 0.412 e. The lowest BCUT2D eigenvalue weighted by atomic mass is 9.83. The molecule has 3 aliphatic heterocycles. The summed E-state index contributed by atoms with van der Waals surface area (Å²) >= 11 is 7.63. The van der Waals surface area contributed by atoms with Gasteiger partial charge in [0.2, 0.25) is 0 Å². The number of carbonyl (C=O) groups excluding carboxylic acids is 1. The maximum absolute atomic E-state index is 12.5. The summed E-state index contributed by atoms with van der Waals surface area (Å²) in [5, 5.41) is 2.90. The number of hydrogen-bond donors (Lipinski definition) is 1. The van der Waals surface area contributed by atoms with Crippen molar-refractivity contribution >= 4 is 34.7 Å². The minimum absolute atomic E-state index is 0.286. The second-order valence-electron chi connectivity index (χ2n) is 6.45. The molecule has 3 aliphatic rings. The fraction of sp³-hybridized carbons (Fsp3) is 0.389. The minimum atomic E-state index is -0.378. The van der Waals surface area contributed by atoms with Gasteiger partial charge in [0.15, 0.2) is 0 Å². The summed E-state index contributed by atoms with van der Waals surface area (Å²) in [4.78, 5) is 15.8. The lowest BCUT2D eigenvalue weighted by Crippen LogP contribution is -2.54. The molecule has 1 aromatic carbocycles. The monoisotopic (exact) mass is 362 g/mol. The molecule has 0 atom stereocenters. The van der Waals surface area contributed by atoms with Gasteiger partial charge in [0.05, 0.1) is 14.9 Å². The highest BCUT2D eigenvalue weighted by molar-refractivity contribution is 7.20. The SMILES string of the molecule is O=C(Nc1cc(Cl)sc1-c1ccccc1)OC12CCN(CC1)CC2. The molecule has 2 bridgehead atoms. The second-order valence-corrected chi connectivity index (χ2v) is 8.13. The van der Waals surface area contributed by atoms with E-state index in [-0.39, 0.29) is 11.7 Å². The first-order valence-electron chi connectivity index (χ1n) is 8.21. The van der Waals surface area contributed by atoms with Crippen molar-refractivity contribution in [1.29, 1.82) is 0 Å². The zero-order valence-corrected chi connectivity index (χ0v) is 14.8. The van der Waals surface area contributed by atoms with Gasteiger partial charge in [-0.2, -0.15) is 0 Å². The van der Waals surface area contributed by atoms with Crippen LogP contribution in [0.25, 0.3) is 10.4 Å². The van der Waals surface area contributed by atoms with Crippen LogP contribution in [0.1, 0.15) is 19.3 Å². The fourth-order valence-corrected chi connectivity index (χ4v) is 4.73. The van der Waals surface area contributed by atoms with E-state index in [2.05, 4.69) is 10.2 Å². The van der Waals surface area contributed by atoms with Gasteiger partial charge in [0.25, 0.3) is 0 Å². The number of benzene rings is 1. The van der Waals surface area contributed by atoms with Gasteiger partial charge in [-0.05, 0) is 11.6 Å². The third kappa shape index (κ3) is 3.16. The van der Waals surface area contributed by atoms with E-state index in [9.17, 15) is 4.79 Å². The van der Waals surface area contributed by atoms with Gasteiger partial charge >= 0.3 is 6.09 Å². The van der Waals surface area contributed by atoms with Gasteiger partial charge in [0.1, 0.15) is 5.60 Å². The largest absolute Gasteiger partial charge is 0.443 e. The normalized spacial score (nSPS) is 25.5. The van der Waals surface area contributed by atoms with Crippen molar-refractivity contribution < 1.29 is 9.53 Å². The maximum atomic E-state index is 12.5. The summed E-state index contributed by atoms with van der Waals surface area (Å²) < 4.78 is 6.50. The Morgan fingerprint density at radius 2 is 1.83 bits per heavy atom. The van der Waals surface area contributed by atoms with E-state index in [0.717, 1.165) is 49.3 Å². The van der Waals surface area contributed by atoms with E-state index in [4.69, 9.17) is 16.3 Å². The highest BCUT2D eigenvalue weighted by Crippen LogP contribution is 2.40. The summed E-state index contributed by atoms with van der Waals surface area (Å²) in [5.74, 6) is 0. The number of fused-ring (bicyclic) bond motifs is 3. The molecule has 4 nitrogen and oxygen atoms in total. The summed E-state index contributed by atoms with van der Waals surface area (Å²) in [6, 6.07) is 11.7. The molecule has 0 aliphatic carbocycles. The average molecular weight is 363 g/mol. The van der Waals surface area contributed by atoms with Crippen LogP contribution in [0, 0.1) is 0 Å². The number of halogens is 1. The Bertz CT molecular complexity index is 725. The highest BCUT2D eigenvalue weighted by Gasteiger charge is 2.42. The molecule has 1 amide bonds. The van der Waals surface area contributed by atoms with E-state index < -0.39 is 0 Å². The first kappa shape index (κ1) is 15.9. The lowest BCUT2D eigenvalue weighted by Gasteiger charge is -2.47. The summed E-state index contributed by atoms with van der Waals surface area (Å²) in [5.41, 5.74) is 1.46. The molecule has 5 rings (SSSR count). The van der Waals surface area contributed by atoms with E-state index in [1.54, 1.807) is 6.07 Å². The molecule has 4 heterocycles. The van der Waals surface area contributed by atoms with Crippen LogP contribution in [0.15, 0.2) is 36.4 Å². The zero-order chi connectivity index (χ0) is 16.6. The number of amides is 1. The Kier molecular flexibility index (Phi) is 4.24. The van der Waals surface area contributed by atoms with Crippen molar-refractivity contribution in [2.75, 3.05) is 25.0 Å². The smallest absolute Gasteiger partial charge is 0.412 e. The van der Waals surface area contributed by atoms with Gasteiger partial charge in [0, 0.05) is 38.9 Å². The summed E-state index contributed by atoms with van der Waals surface area (Å²) in [6.45, 7) is 3.06. The molecule has 1 aromatic heterocycles. The summed E-state index contributed by atoms with van der Waals surface area (Å²) in [6.07, 6.45) is 2.40. The number of nitrogens with one attached hydrogen (secondary N) is 1. The predicted molar refractivity (Wildman–Crippen MR) is 97.9 cm³/mol. The van der Waals surface area contributed by atoms with Gasteiger partial charge in [-0.15, -0.1) is 11.3 Å². The van der Waals surface area contributed by atoms with Gasteiger partial charge in [-0.1, -0.05) is 41.9 Å². The fourth-order valence-electron chi connectivity index (χ4n) is 3.54. The van der Waals surface area contributed by atoms with E-state index in [0.29, 0.717) is 10.0 Å². The molecule has 0 saturated carbocycles. The van der Waals surface area contributed by atoms with Crippen molar-refractivity contribution in [2.24, 2.45) is 0 Å². The second kappa shape index (κ2) is 6.39. The zero-order valence-electron chi connectivity index (χ0n) is 13.3. The molecular formula is C18H19ClN2O2S. The molecule has 2 aromatic rings. The number of ether oxygens (including phenoxy) is 1. The molecule has 3 saturated heterocycles. The van der Waals surface area contributed by atoms with Gasteiger partial charge < -0.3 is 9.64 Å². The molecular weight excluding hydrogens is 344 g/mol. The van der Waals surface area contributed by atoms with Crippen LogP contribution in [0.5, 0.6) is 0 Å². The Hall–Kier alpha value is -1.56. The Balaban J connectivity index is 1.50. The number of rotatable bonds is 3. The molecule has 24 heavy (non-hydrogen) atoms. The van der Waals surface area contributed by atoms with Crippen molar-refractivity contribution in [1.82, 2.24) is 4.90 Å². The number of nitrogens with zero attached hydrogens (tertiary/aromatic N) is 1. The van der Waals surface area contributed by atoms with Gasteiger partial charge in [-0.3, -0.25) is 5.32 Å². The first-order valence-corrected chi connectivity index (χ1v) is 9.40. The first-order chi connectivity index (χ1) is 11.6. The molecule has 0 spiro atoms. The van der Waals surface area contributed by atoms with Gasteiger partial charge in [-0.25, -0.2) is 4.79 Å². The quantitative estimate of drug-likeness (QED) is 0.848. The number of anilines is 1. The van der Waals surface area contributed by atoms with Crippen LogP contribution >= 0.6 is 22.9 Å². The van der Waals surface area contributed by atoms with Crippen molar-refractivity contribution in [3.8, 4) is 10.4 Å². The molecule has 3 fully saturated rings. The van der Waals surface area contributed by atoms with E-state index in [1.165, 1.54) is 11.3 Å². The number of piperidine rings is 3. The Labute approximate surface area is 150 Å². The van der Waals surface area contributed by atoms with Crippen LogP contribution in [-0.4, -0.2) is 36.2 Å². The van der Waals surface area contributed by atoms with E-state index >= 15 is 0 Å². The third-order valence-corrected chi connectivity index (χ3v) is 6.25. The van der Waals surface area contributed by atoms with Crippen molar-refractivity contribution in [2.45, 2.75) is 24.9 Å². The Morgan fingerprint density at radius 3 is 2.50 bits per heavy atom. The topological polar surface area (TPSA) is 41.6 Å². The lowest BCUT2D eigenvalue weighted by molar-refractivity contribution is -0.0742. The van der Waals surface area contributed by atoms with Crippen molar-refractivity contribution in [3.63, 3.8) is 0 Å². The highest BCUT2D eigenvalue weighted by atomic mass is 35.5. The van der Waals surface area contributed by atoms with Crippen LogP contribution < -0.4 is 5.32 Å². The van der Waals surface area contributed by atoms with Crippen molar-refractivity contribution in [3.05, 3.63) is 40.7 Å². The molecule has 6 heteroatoms. The van der Waals surface area contributed by atoms with Crippen LogP contribution in [-0.2, 0) is 4.74 Å². The molecule has 0 unspecified atom stereocenters. The van der Waals surface area contributed by atoms with Crippen LogP contribution in [0.4, 0.5) is 10.5 Å². The molecule has 1 N–H and O–H groups in total. The van der Waals surface area contributed by atoms with Crippen LogP contribution in [0.3, 0.4) is 0 Å². The number of thiophene rings is 1. The minimum Gasteiger partial charge on any atom is -0.443 e. The standard InChI is InChI=1S/C18H19ClN2O2S/c19-15-12-14(16(24-15)13-4-2-1-3-5-13)20-17(22)23-18-6-9-21(10-7-18)11-8-18/h1-5,12H,6-11H2,(H,20,22). The molecule has 126 valence electrons.